The summed E-state index contributed by atoms with van der Waals surface area (Å²) in [7, 11) is 0. The minimum Gasteiger partial charge on any atom is -0.273 e. The van der Waals surface area contributed by atoms with Gasteiger partial charge in [-0.1, -0.05) is 30.3 Å². The van der Waals surface area contributed by atoms with E-state index in [1.165, 1.54) is 47.5 Å². The first-order valence-electron chi connectivity index (χ1n) is 10.7. The fourth-order valence-corrected chi connectivity index (χ4v) is 4.57. The van der Waals surface area contributed by atoms with Gasteiger partial charge in [-0.2, -0.15) is 0 Å². The molecule has 2 amide bonds. The molecule has 5 rings (SSSR count). The molecule has 0 saturated carbocycles. The second kappa shape index (κ2) is 8.29. The quantitative estimate of drug-likeness (QED) is 0.309. The number of non-ortho nitro benzene ring substituents is 2. The Hall–Kier alpha value is -4.64. The molecule has 3 atom stereocenters. The molecule has 3 aromatic carbocycles. The van der Waals surface area contributed by atoms with Gasteiger partial charge in [0.05, 0.1) is 27.3 Å². The minimum absolute atomic E-state index is 0.153. The Labute approximate surface area is 198 Å². The number of anilines is 2. The molecule has 0 N–H and O–H groups in total. The second-order valence-corrected chi connectivity index (χ2v) is 8.25. The third-order valence-electron chi connectivity index (χ3n) is 6.21. The monoisotopic (exact) mass is 474 g/mol. The van der Waals surface area contributed by atoms with Crippen molar-refractivity contribution >= 4 is 34.6 Å². The minimum atomic E-state index is -1.17. The maximum atomic E-state index is 13.6. The van der Waals surface area contributed by atoms with Crippen molar-refractivity contribution < 1.29 is 24.3 Å². The summed E-state index contributed by atoms with van der Waals surface area (Å²) in [6.07, 6.45) is -1.17. The molecule has 0 radical (unpaired) electrons. The van der Waals surface area contributed by atoms with Crippen LogP contribution in [0.1, 0.15) is 17.2 Å². The third kappa shape index (κ3) is 3.58. The lowest BCUT2D eigenvalue weighted by atomic mass is 9.90. The Kier molecular flexibility index (Phi) is 5.25. The fourth-order valence-electron chi connectivity index (χ4n) is 4.57. The maximum Gasteiger partial charge on any atom is 0.269 e. The van der Waals surface area contributed by atoms with Gasteiger partial charge >= 0.3 is 0 Å². The highest BCUT2D eigenvalue weighted by Crippen LogP contribution is 2.48. The summed E-state index contributed by atoms with van der Waals surface area (Å²) < 4.78 is 0. The van der Waals surface area contributed by atoms with E-state index < -0.39 is 39.7 Å². The molecule has 2 saturated heterocycles. The van der Waals surface area contributed by atoms with Crippen LogP contribution in [-0.2, 0) is 14.4 Å². The number of para-hydroxylation sites is 1. The van der Waals surface area contributed by atoms with Crippen molar-refractivity contribution in [3.63, 3.8) is 0 Å². The summed E-state index contributed by atoms with van der Waals surface area (Å²) in [6.45, 7) is 1.85. The van der Waals surface area contributed by atoms with Crippen LogP contribution >= 0.6 is 0 Å². The Morgan fingerprint density at radius 1 is 0.829 bits per heavy atom. The van der Waals surface area contributed by atoms with Crippen LogP contribution in [0.3, 0.4) is 0 Å². The number of benzene rings is 3. The first kappa shape index (κ1) is 22.2. The molecule has 35 heavy (non-hydrogen) atoms. The van der Waals surface area contributed by atoms with E-state index in [4.69, 9.17) is 4.84 Å². The number of carbonyl (C=O) groups excluding carboxylic acids is 2. The Balaban J connectivity index is 1.59. The van der Waals surface area contributed by atoms with Crippen LogP contribution in [0.5, 0.6) is 0 Å². The zero-order valence-electron chi connectivity index (χ0n) is 18.3. The number of imide groups is 1. The summed E-state index contributed by atoms with van der Waals surface area (Å²) in [4.78, 5) is 55.3. The van der Waals surface area contributed by atoms with Crippen LogP contribution < -0.4 is 9.96 Å². The number of nitro benzene ring substituents is 2. The van der Waals surface area contributed by atoms with Gasteiger partial charge in [0, 0.05) is 24.3 Å². The van der Waals surface area contributed by atoms with E-state index in [1.54, 1.807) is 18.2 Å². The van der Waals surface area contributed by atoms with Gasteiger partial charge < -0.3 is 0 Å². The maximum absolute atomic E-state index is 13.6. The molecule has 2 fully saturated rings. The predicted molar refractivity (Wildman–Crippen MR) is 123 cm³/mol. The number of nitrogens with zero attached hydrogens (tertiary/aromatic N) is 4. The Bertz CT molecular complexity index is 1370. The van der Waals surface area contributed by atoms with Crippen LogP contribution in [0.25, 0.3) is 0 Å². The van der Waals surface area contributed by atoms with Gasteiger partial charge in [-0.15, -0.1) is 0 Å². The topological polar surface area (TPSA) is 136 Å². The van der Waals surface area contributed by atoms with E-state index in [0.717, 1.165) is 10.5 Å². The Morgan fingerprint density at radius 3 is 2.17 bits per heavy atom. The number of hydrogen-bond donors (Lipinski definition) is 0. The second-order valence-electron chi connectivity index (χ2n) is 8.25. The molecule has 3 aromatic rings. The standard InChI is InChI=1S/C24H18N4O7/c1-14-5-2-3-8-19(14)26-21(15-6-4-7-18(13-15)28(33)34)20-22(35-26)24(30)25(23(20)29)16-9-11-17(12-10-16)27(31)32/h2-13,20-22H,1H3. The lowest BCUT2D eigenvalue weighted by Crippen LogP contribution is -2.37. The number of carbonyl (C=O) groups is 2. The lowest BCUT2D eigenvalue weighted by molar-refractivity contribution is -0.385. The van der Waals surface area contributed by atoms with Gasteiger partial charge in [0.25, 0.3) is 17.3 Å². The molecule has 2 aliphatic rings. The normalized spacial score (nSPS) is 21.3. The SMILES string of the molecule is Cc1ccccc1N1OC2C(=O)N(c3ccc([N+](=O)[O-])cc3)C(=O)C2C1c1cccc([N+](=O)[O-])c1. The van der Waals surface area contributed by atoms with Crippen molar-refractivity contribution in [3.8, 4) is 0 Å². The van der Waals surface area contributed by atoms with Crippen LogP contribution in [0.4, 0.5) is 22.7 Å². The largest absolute Gasteiger partial charge is 0.273 e. The average molecular weight is 474 g/mol. The lowest BCUT2D eigenvalue weighted by Gasteiger charge is -2.29. The molecule has 0 bridgehead atoms. The molecule has 11 nitrogen and oxygen atoms in total. The number of nitro groups is 2. The van der Waals surface area contributed by atoms with Crippen molar-refractivity contribution in [3.05, 3.63) is 104 Å². The van der Waals surface area contributed by atoms with E-state index in [9.17, 15) is 29.8 Å². The van der Waals surface area contributed by atoms with Gasteiger partial charge in [0.15, 0.2) is 6.10 Å². The molecule has 0 aliphatic carbocycles. The number of hydrogen-bond acceptors (Lipinski definition) is 8. The van der Waals surface area contributed by atoms with E-state index in [1.807, 2.05) is 19.1 Å². The molecule has 176 valence electrons. The number of rotatable bonds is 5. The third-order valence-corrected chi connectivity index (χ3v) is 6.21. The average Bonchev–Trinajstić information content (AvgIpc) is 3.35. The van der Waals surface area contributed by atoms with Crippen LogP contribution in [0.15, 0.2) is 72.8 Å². The highest BCUT2D eigenvalue weighted by atomic mass is 16.7. The highest BCUT2D eigenvalue weighted by Gasteiger charge is 2.60. The first-order chi connectivity index (χ1) is 16.8. The predicted octanol–water partition coefficient (Wildman–Crippen LogP) is 3.86. The molecule has 2 aliphatic heterocycles. The molecule has 11 heteroatoms. The van der Waals surface area contributed by atoms with Gasteiger partial charge in [-0.3, -0.25) is 34.7 Å². The van der Waals surface area contributed by atoms with E-state index in [-0.39, 0.29) is 17.1 Å². The van der Waals surface area contributed by atoms with Gasteiger partial charge in [-0.25, -0.2) is 9.96 Å². The molecule has 0 aromatic heterocycles. The molecular weight excluding hydrogens is 456 g/mol. The summed E-state index contributed by atoms with van der Waals surface area (Å²) >= 11 is 0. The smallest absolute Gasteiger partial charge is 0.269 e. The highest BCUT2D eigenvalue weighted by molar-refractivity contribution is 6.24. The number of fused-ring (bicyclic) bond motifs is 1. The molecule has 2 heterocycles. The van der Waals surface area contributed by atoms with Crippen LogP contribution in [0, 0.1) is 33.1 Å². The summed E-state index contributed by atoms with van der Waals surface area (Å²) in [5, 5.41) is 23.9. The number of hydroxylamine groups is 1. The molecule has 0 spiro atoms. The summed E-state index contributed by atoms with van der Waals surface area (Å²) in [5.74, 6) is -2.15. The van der Waals surface area contributed by atoms with Gasteiger partial charge in [0.2, 0.25) is 5.91 Å². The first-order valence-corrected chi connectivity index (χ1v) is 10.7. The Morgan fingerprint density at radius 2 is 1.51 bits per heavy atom. The fraction of sp³-hybridized carbons (Fsp3) is 0.167. The van der Waals surface area contributed by atoms with Crippen molar-refractivity contribution in [2.75, 3.05) is 9.96 Å². The zero-order valence-corrected chi connectivity index (χ0v) is 18.3. The number of aryl methyl sites for hydroxylation is 1. The van der Waals surface area contributed by atoms with E-state index >= 15 is 0 Å². The molecule has 3 unspecified atom stereocenters. The van der Waals surface area contributed by atoms with Gasteiger partial charge in [-0.05, 0) is 36.2 Å². The van der Waals surface area contributed by atoms with Crippen LogP contribution in [0.2, 0.25) is 0 Å². The van der Waals surface area contributed by atoms with Gasteiger partial charge in [0.1, 0.15) is 5.92 Å². The van der Waals surface area contributed by atoms with Crippen LogP contribution in [-0.4, -0.2) is 27.8 Å². The van der Waals surface area contributed by atoms with Crippen molar-refractivity contribution in [1.29, 1.82) is 0 Å². The van der Waals surface area contributed by atoms with Crippen molar-refractivity contribution in [2.24, 2.45) is 5.92 Å². The van der Waals surface area contributed by atoms with Crippen molar-refractivity contribution in [1.82, 2.24) is 0 Å². The zero-order chi connectivity index (χ0) is 24.9. The van der Waals surface area contributed by atoms with E-state index in [2.05, 4.69) is 0 Å². The molecular formula is C24H18N4O7. The van der Waals surface area contributed by atoms with Crippen molar-refractivity contribution in [2.45, 2.75) is 19.1 Å². The summed E-state index contributed by atoms with van der Waals surface area (Å²) in [5.41, 5.74) is 1.76. The van der Waals surface area contributed by atoms with E-state index in [0.29, 0.717) is 11.3 Å². The number of amides is 2. The summed E-state index contributed by atoms with van der Waals surface area (Å²) in [6, 6.07) is 17.4.